The van der Waals surface area contributed by atoms with Crippen LogP contribution in [0.5, 0.6) is 0 Å². The fourth-order valence-electron chi connectivity index (χ4n) is 4.67. The molecule has 0 bridgehead atoms. The largest absolute Gasteiger partial charge is 0.381 e. The molecule has 0 atom stereocenters. The fourth-order valence-corrected chi connectivity index (χ4v) is 5.26. The first-order valence-electron chi connectivity index (χ1n) is 11.9. The Labute approximate surface area is 205 Å². The van der Waals surface area contributed by atoms with Crippen molar-refractivity contribution in [3.63, 3.8) is 0 Å². The Kier molecular flexibility index (Phi) is 8.31. The predicted molar refractivity (Wildman–Crippen MR) is 131 cm³/mol. The van der Waals surface area contributed by atoms with Crippen molar-refractivity contribution in [2.24, 2.45) is 5.73 Å². The van der Waals surface area contributed by atoms with E-state index in [9.17, 15) is 9.59 Å². The van der Waals surface area contributed by atoms with Gasteiger partial charge in [0.2, 0.25) is 5.91 Å². The van der Waals surface area contributed by atoms with Crippen molar-refractivity contribution in [1.29, 1.82) is 0 Å². The fraction of sp³-hybridized carbons (Fsp3) is 0.560. The molecule has 2 aliphatic heterocycles. The van der Waals surface area contributed by atoms with Gasteiger partial charge in [0.15, 0.2) is 0 Å². The van der Waals surface area contributed by atoms with Crippen molar-refractivity contribution in [3.8, 4) is 0 Å². The molecule has 0 unspecified atom stereocenters. The van der Waals surface area contributed by atoms with Crippen LogP contribution >= 0.6 is 11.3 Å². The lowest BCUT2D eigenvalue weighted by Gasteiger charge is -2.47. The van der Waals surface area contributed by atoms with Gasteiger partial charge >= 0.3 is 0 Å². The van der Waals surface area contributed by atoms with Gasteiger partial charge < -0.3 is 20.1 Å². The number of ether oxygens (including phenoxy) is 2. The molecule has 0 saturated carbocycles. The highest BCUT2D eigenvalue weighted by Crippen LogP contribution is 2.31. The molecule has 9 heteroatoms. The molecule has 2 aliphatic rings. The minimum atomic E-state index is -0.335. The van der Waals surface area contributed by atoms with Crippen LogP contribution in [0.3, 0.4) is 0 Å². The van der Waals surface area contributed by atoms with E-state index in [4.69, 9.17) is 15.2 Å². The summed E-state index contributed by atoms with van der Waals surface area (Å²) in [5, 5.41) is 2.77. The molecule has 3 heterocycles. The number of amides is 2. The zero-order chi connectivity index (χ0) is 24.0. The van der Waals surface area contributed by atoms with E-state index < -0.39 is 0 Å². The standard InChI is InChI=1S/C25H34N4O4S/c1-19-27-22(17-34-19)24(31)29-11-14-33-25(18-29)7-9-28(10-8-25)16-21-4-2-3-20(15-21)5-12-32-13-6-23(26)30/h2-4,15,17H,5-14,16,18H2,1H3,(H2,26,30). The number of nitrogens with zero attached hydrogens (tertiary/aromatic N) is 3. The zero-order valence-electron chi connectivity index (χ0n) is 19.8. The Morgan fingerprint density at radius 2 is 2.00 bits per heavy atom. The van der Waals surface area contributed by atoms with Gasteiger partial charge in [-0.1, -0.05) is 24.3 Å². The number of hydrogen-bond acceptors (Lipinski definition) is 7. The summed E-state index contributed by atoms with van der Waals surface area (Å²) in [6, 6.07) is 8.59. The van der Waals surface area contributed by atoms with Crippen LogP contribution in [0.1, 0.15) is 45.9 Å². The summed E-state index contributed by atoms with van der Waals surface area (Å²) >= 11 is 1.51. The molecule has 2 fully saturated rings. The maximum absolute atomic E-state index is 12.9. The monoisotopic (exact) mass is 486 g/mol. The van der Waals surface area contributed by atoms with E-state index in [-0.39, 0.29) is 23.8 Å². The number of hydrogen-bond donors (Lipinski definition) is 1. The molecule has 2 saturated heterocycles. The third kappa shape index (κ3) is 6.63. The van der Waals surface area contributed by atoms with E-state index in [1.165, 1.54) is 22.5 Å². The molecule has 4 rings (SSSR count). The molecule has 0 radical (unpaired) electrons. The lowest BCUT2D eigenvalue weighted by Crippen LogP contribution is -2.58. The van der Waals surface area contributed by atoms with Crippen molar-refractivity contribution in [3.05, 3.63) is 51.5 Å². The number of carbonyl (C=O) groups is 2. The number of rotatable bonds is 9. The quantitative estimate of drug-likeness (QED) is 0.547. The number of thiazole rings is 1. The van der Waals surface area contributed by atoms with E-state index >= 15 is 0 Å². The smallest absolute Gasteiger partial charge is 0.273 e. The van der Waals surface area contributed by atoms with E-state index in [2.05, 4.69) is 34.1 Å². The average molecular weight is 487 g/mol. The van der Waals surface area contributed by atoms with E-state index in [1.807, 2.05) is 17.2 Å². The van der Waals surface area contributed by atoms with Crippen molar-refractivity contribution in [2.45, 2.75) is 44.8 Å². The number of piperidine rings is 1. The molecule has 184 valence electrons. The van der Waals surface area contributed by atoms with Gasteiger partial charge in [-0.05, 0) is 37.3 Å². The Morgan fingerprint density at radius 1 is 1.21 bits per heavy atom. The van der Waals surface area contributed by atoms with Gasteiger partial charge in [-0.2, -0.15) is 0 Å². The topological polar surface area (TPSA) is 98.0 Å². The minimum absolute atomic E-state index is 0.0184. The normalized spacial score (nSPS) is 18.3. The average Bonchev–Trinajstić information content (AvgIpc) is 3.26. The Bertz CT molecular complexity index is 987. The molecule has 2 N–H and O–H groups in total. The van der Waals surface area contributed by atoms with Crippen LogP contribution in [0.15, 0.2) is 29.6 Å². The summed E-state index contributed by atoms with van der Waals surface area (Å²) in [5.74, 6) is -0.317. The first-order chi connectivity index (χ1) is 16.4. The lowest BCUT2D eigenvalue weighted by molar-refractivity contribution is -0.128. The van der Waals surface area contributed by atoms with E-state index in [0.717, 1.165) is 43.9 Å². The maximum Gasteiger partial charge on any atom is 0.273 e. The number of morpholine rings is 1. The summed E-state index contributed by atoms with van der Waals surface area (Å²) in [6.45, 7) is 7.51. The Morgan fingerprint density at radius 3 is 2.74 bits per heavy atom. The SMILES string of the molecule is Cc1nc(C(=O)N2CCOC3(CCN(Cc4cccc(CCOCCC(N)=O)c4)CC3)C2)cs1. The molecule has 2 amide bonds. The summed E-state index contributed by atoms with van der Waals surface area (Å²) < 4.78 is 11.7. The first kappa shape index (κ1) is 24.8. The van der Waals surface area contributed by atoms with Gasteiger partial charge in [-0.15, -0.1) is 11.3 Å². The van der Waals surface area contributed by atoms with Crippen LogP contribution in [-0.2, 0) is 27.2 Å². The third-order valence-corrected chi connectivity index (χ3v) is 7.34. The number of carbonyl (C=O) groups excluding carboxylic acids is 2. The molecule has 34 heavy (non-hydrogen) atoms. The number of nitrogens with two attached hydrogens (primary N) is 1. The Hall–Kier alpha value is -2.33. The zero-order valence-corrected chi connectivity index (χ0v) is 20.6. The highest BCUT2D eigenvalue weighted by molar-refractivity contribution is 7.09. The number of primary amides is 1. The van der Waals surface area contributed by atoms with Crippen molar-refractivity contribution in [2.75, 3.05) is 46.0 Å². The van der Waals surface area contributed by atoms with Crippen LogP contribution in [0.25, 0.3) is 0 Å². The van der Waals surface area contributed by atoms with Crippen LogP contribution < -0.4 is 5.73 Å². The predicted octanol–water partition coefficient (Wildman–Crippen LogP) is 2.39. The van der Waals surface area contributed by atoms with Crippen molar-refractivity contribution in [1.82, 2.24) is 14.8 Å². The summed E-state index contributed by atoms with van der Waals surface area (Å²) in [7, 11) is 0. The molecular weight excluding hydrogens is 452 g/mol. The van der Waals surface area contributed by atoms with Crippen LogP contribution in [0.2, 0.25) is 0 Å². The Balaban J connectivity index is 1.25. The maximum atomic E-state index is 12.9. The highest BCUT2D eigenvalue weighted by Gasteiger charge is 2.41. The van der Waals surface area contributed by atoms with Gasteiger partial charge in [0, 0.05) is 38.0 Å². The molecule has 1 aromatic carbocycles. The highest BCUT2D eigenvalue weighted by atomic mass is 32.1. The van der Waals surface area contributed by atoms with Gasteiger partial charge in [0.05, 0.1) is 37.0 Å². The van der Waals surface area contributed by atoms with Gasteiger partial charge in [0.25, 0.3) is 5.91 Å². The molecule has 8 nitrogen and oxygen atoms in total. The summed E-state index contributed by atoms with van der Waals surface area (Å²) in [4.78, 5) is 32.4. The first-order valence-corrected chi connectivity index (χ1v) is 12.8. The number of likely N-dealkylation sites (tertiary alicyclic amines) is 1. The lowest BCUT2D eigenvalue weighted by atomic mass is 9.89. The minimum Gasteiger partial charge on any atom is -0.381 e. The second-order valence-corrected chi connectivity index (χ2v) is 10.2. The molecule has 0 aliphatic carbocycles. The molecular formula is C25H34N4O4S. The van der Waals surface area contributed by atoms with E-state index in [0.29, 0.717) is 38.6 Å². The second-order valence-electron chi connectivity index (χ2n) is 9.18. The molecule has 2 aromatic rings. The number of aryl methyl sites for hydroxylation is 1. The van der Waals surface area contributed by atoms with Gasteiger partial charge in [-0.3, -0.25) is 14.5 Å². The van der Waals surface area contributed by atoms with Gasteiger partial charge in [-0.25, -0.2) is 4.98 Å². The third-order valence-electron chi connectivity index (χ3n) is 6.57. The van der Waals surface area contributed by atoms with Crippen LogP contribution in [0, 0.1) is 6.92 Å². The van der Waals surface area contributed by atoms with Crippen LogP contribution in [-0.4, -0.2) is 78.2 Å². The molecule has 1 spiro atoms. The van der Waals surface area contributed by atoms with Crippen LogP contribution in [0.4, 0.5) is 0 Å². The van der Waals surface area contributed by atoms with Crippen molar-refractivity contribution < 1.29 is 19.1 Å². The van der Waals surface area contributed by atoms with Crippen molar-refractivity contribution >= 4 is 23.2 Å². The summed E-state index contributed by atoms with van der Waals surface area (Å²) in [6.07, 6.45) is 2.91. The number of aromatic nitrogens is 1. The van der Waals surface area contributed by atoms with E-state index in [1.54, 1.807) is 0 Å². The van der Waals surface area contributed by atoms with Gasteiger partial charge in [0.1, 0.15) is 5.69 Å². The summed E-state index contributed by atoms with van der Waals surface area (Å²) in [5.41, 5.74) is 7.95. The second kappa shape index (κ2) is 11.4. The number of benzene rings is 1. The molecule has 1 aromatic heterocycles.